The number of anilines is 1. The van der Waals surface area contributed by atoms with Gasteiger partial charge in [-0.25, -0.2) is 8.42 Å². The van der Waals surface area contributed by atoms with Gasteiger partial charge in [0.2, 0.25) is 0 Å². The predicted molar refractivity (Wildman–Crippen MR) is 77.1 cm³/mol. The molecule has 0 radical (unpaired) electrons. The van der Waals surface area contributed by atoms with Crippen molar-refractivity contribution < 1.29 is 8.42 Å². The molecule has 0 aliphatic carbocycles. The van der Waals surface area contributed by atoms with Crippen LogP contribution in [0.5, 0.6) is 0 Å². The van der Waals surface area contributed by atoms with Crippen LogP contribution in [0.4, 0.5) is 5.69 Å². The molecule has 4 nitrogen and oxygen atoms in total. The Balaban J connectivity index is 0.00000110. The molecule has 0 unspecified atom stereocenters. The minimum absolute atomic E-state index is 0. The fourth-order valence-electron chi connectivity index (χ4n) is 3.70. The predicted octanol–water partition coefficient (Wildman–Crippen LogP) is 1.16. The van der Waals surface area contributed by atoms with Crippen LogP contribution in [0.25, 0.3) is 0 Å². The zero-order valence-corrected chi connectivity index (χ0v) is 12.1. The van der Waals surface area contributed by atoms with Gasteiger partial charge in [-0.2, -0.15) is 0 Å². The summed E-state index contributed by atoms with van der Waals surface area (Å²) in [5.74, 6) is 0.724. The van der Waals surface area contributed by atoms with Crippen LogP contribution in [0.15, 0.2) is 23.1 Å². The lowest BCUT2D eigenvalue weighted by Crippen LogP contribution is -2.46. The van der Waals surface area contributed by atoms with Crippen LogP contribution in [0.2, 0.25) is 0 Å². The third-order valence-corrected chi connectivity index (χ3v) is 6.22. The van der Waals surface area contributed by atoms with Crippen LogP contribution in [-0.4, -0.2) is 39.8 Å². The Kier molecular flexibility index (Phi) is 3.04. The first-order chi connectivity index (χ1) is 8.68. The summed E-state index contributed by atoms with van der Waals surface area (Å²) in [6, 6.07) is 6.26. The molecule has 1 aromatic rings. The third kappa shape index (κ3) is 1.72. The van der Waals surface area contributed by atoms with Gasteiger partial charge in [-0.3, -0.25) is 0 Å². The molecular formula is C13H17ClN2O2S. The zero-order valence-electron chi connectivity index (χ0n) is 10.5. The average molecular weight is 301 g/mol. The molecule has 1 aromatic carbocycles. The molecule has 19 heavy (non-hydrogen) atoms. The molecule has 3 heterocycles. The molecule has 6 heteroatoms. The van der Waals surface area contributed by atoms with Gasteiger partial charge in [0.1, 0.15) is 0 Å². The van der Waals surface area contributed by atoms with E-state index in [0.29, 0.717) is 23.4 Å². The highest BCUT2D eigenvalue weighted by atomic mass is 35.5. The molecule has 0 saturated carbocycles. The molecule has 0 bridgehead atoms. The SMILES string of the molecule is Cl.O=S1(=O)CCN2c3c(cccc31)[C@@H]1CNCC[C@@H]12. The van der Waals surface area contributed by atoms with E-state index < -0.39 is 9.84 Å². The largest absolute Gasteiger partial charge is 0.366 e. The lowest BCUT2D eigenvalue weighted by molar-refractivity contribution is 0.405. The number of piperidine rings is 1. The van der Waals surface area contributed by atoms with E-state index >= 15 is 0 Å². The van der Waals surface area contributed by atoms with Crippen molar-refractivity contribution in [1.29, 1.82) is 0 Å². The lowest BCUT2D eigenvalue weighted by Gasteiger charge is -2.36. The van der Waals surface area contributed by atoms with Gasteiger partial charge in [-0.05, 0) is 24.6 Å². The highest BCUT2D eigenvalue weighted by Crippen LogP contribution is 2.48. The van der Waals surface area contributed by atoms with Crippen molar-refractivity contribution in [2.45, 2.75) is 23.3 Å². The number of rotatable bonds is 0. The van der Waals surface area contributed by atoms with Gasteiger partial charge in [0.15, 0.2) is 9.84 Å². The van der Waals surface area contributed by atoms with Gasteiger partial charge >= 0.3 is 0 Å². The zero-order chi connectivity index (χ0) is 12.3. The molecule has 3 aliphatic heterocycles. The van der Waals surface area contributed by atoms with E-state index in [1.165, 1.54) is 5.56 Å². The first kappa shape index (κ1) is 13.2. The Morgan fingerprint density at radius 1 is 1.32 bits per heavy atom. The number of benzene rings is 1. The number of para-hydroxylation sites is 1. The smallest absolute Gasteiger partial charge is 0.182 e. The van der Waals surface area contributed by atoms with Crippen molar-refractivity contribution >= 4 is 27.9 Å². The molecule has 4 rings (SSSR count). The summed E-state index contributed by atoms with van der Waals surface area (Å²) < 4.78 is 24.3. The summed E-state index contributed by atoms with van der Waals surface area (Å²) in [6.45, 7) is 2.67. The lowest BCUT2D eigenvalue weighted by atomic mass is 9.90. The summed E-state index contributed by atoms with van der Waals surface area (Å²) in [5, 5.41) is 3.43. The summed E-state index contributed by atoms with van der Waals surface area (Å²) in [6.07, 6.45) is 1.11. The van der Waals surface area contributed by atoms with Crippen molar-refractivity contribution in [3.05, 3.63) is 23.8 Å². The molecule has 3 aliphatic rings. The molecule has 0 aromatic heterocycles. The van der Waals surface area contributed by atoms with E-state index in [0.717, 1.165) is 25.2 Å². The second kappa shape index (κ2) is 4.36. The third-order valence-electron chi connectivity index (χ3n) is 4.50. The number of hydrogen-bond acceptors (Lipinski definition) is 4. The molecule has 0 amide bonds. The number of fused-ring (bicyclic) bond motifs is 3. The average Bonchev–Trinajstić information content (AvgIpc) is 2.70. The number of nitrogens with zero attached hydrogens (tertiary/aromatic N) is 1. The molecule has 0 spiro atoms. The van der Waals surface area contributed by atoms with Gasteiger partial charge in [0.25, 0.3) is 0 Å². The maximum absolute atomic E-state index is 12.2. The second-order valence-electron chi connectivity index (χ2n) is 5.37. The molecular weight excluding hydrogens is 284 g/mol. The van der Waals surface area contributed by atoms with Crippen LogP contribution < -0.4 is 10.2 Å². The summed E-state index contributed by atoms with van der Waals surface area (Å²) in [4.78, 5) is 2.90. The van der Waals surface area contributed by atoms with Crippen molar-refractivity contribution in [2.24, 2.45) is 0 Å². The van der Waals surface area contributed by atoms with Crippen molar-refractivity contribution in [3.8, 4) is 0 Å². The number of sulfone groups is 1. The highest BCUT2D eigenvalue weighted by Gasteiger charge is 2.44. The van der Waals surface area contributed by atoms with Crippen molar-refractivity contribution in [2.75, 3.05) is 30.3 Å². The second-order valence-corrected chi connectivity index (χ2v) is 7.45. The fourth-order valence-corrected chi connectivity index (χ4v) is 5.18. The first-order valence-corrected chi connectivity index (χ1v) is 8.17. The van der Waals surface area contributed by atoms with E-state index in [1.54, 1.807) is 6.07 Å². The normalized spacial score (nSPS) is 30.2. The van der Waals surface area contributed by atoms with Gasteiger partial charge < -0.3 is 10.2 Å². The van der Waals surface area contributed by atoms with E-state index in [4.69, 9.17) is 0 Å². The van der Waals surface area contributed by atoms with E-state index in [9.17, 15) is 8.42 Å². The van der Waals surface area contributed by atoms with Gasteiger partial charge in [-0.15, -0.1) is 12.4 Å². The Hall–Kier alpha value is -0.780. The van der Waals surface area contributed by atoms with Crippen molar-refractivity contribution in [3.63, 3.8) is 0 Å². The topological polar surface area (TPSA) is 49.4 Å². The van der Waals surface area contributed by atoms with E-state index in [1.807, 2.05) is 6.07 Å². The van der Waals surface area contributed by atoms with Crippen LogP contribution in [0.1, 0.15) is 17.9 Å². The first-order valence-electron chi connectivity index (χ1n) is 6.51. The van der Waals surface area contributed by atoms with E-state index in [-0.39, 0.29) is 18.2 Å². The fraction of sp³-hybridized carbons (Fsp3) is 0.538. The summed E-state index contributed by atoms with van der Waals surface area (Å²) in [7, 11) is -3.06. The van der Waals surface area contributed by atoms with Gasteiger partial charge in [0.05, 0.1) is 16.3 Å². The minimum atomic E-state index is -3.06. The highest BCUT2D eigenvalue weighted by molar-refractivity contribution is 7.91. The van der Waals surface area contributed by atoms with Gasteiger partial charge in [-0.1, -0.05) is 12.1 Å². The Bertz CT molecular complexity index is 617. The number of halogens is 1. The molecule has 1 saturated heterocycles. The summed E-state index contributed by atoms with van der Waals surface area (Å²) >= 11 is 0. The maximum atomic E-state index is 12.2. The summed E-state index contributed by atoms with van der Waals surface area (Å²) in [5.41, 5.74) is 2.23. The number of hydrogen-bond donors (Lipinski definition) is 1. The monoisotopic (exact) mass is 300 g/mol. The Morgan fingerprint density at radius 2 is 2.16 bits per heavy atom. The maximum Gasteiger partial charge on any atom is 0.182 e. The number of nitrogens with one attached hydrogen (secondary N) is 1. The van der Waals surface area contributed by atoms with Crippen LogP contribution in [0, 0.1) is 0 Å². The molecule has 104 valence electrons. The standard InChI is InChI=1S/C13H16N2O2S.ClH/c16-18(17)7-6-15-11-4-5-14-8-10(11)9-2-1-3-12(18)13(9)15;/h1-3,10-11,14H,4-8H2;1H/t10-,11-;/m0./s1. The van der Waals surface area contributed by atoms with Crippen molar-refractivity contribution in [1.82, 2.24) is 5.32 Å². The Labute approximate surface area is 119 Å². The van der Waals surface area contributed by atoms with Gasteiger partial charge in [0, 0.05) is 25.0 Å². The molecule has 1 N–H and O–H groups in total. The van der Waals surface area contributed by atoms with Crippen LogP contribution in [0.3, 0.4) is 0 Å². The quantitative estimate of drug-likeness (QED) is 0.781. The molecule has 1 fully saturated rings. The van der Waals surface area contributed by atoms with Crippen LogP contribution >= 0.6 is 12.4 Å². The molecule has 2 atom stereocenters. The van der Waals surface area contributed by atoms with Crippen LogP contribution in [-0.2, 0) is 9.84 Å². The minimum Gasteiger partial charge on any atom is -0.366 e. The Morgan fingerprint density at radius 3 is 3.00 bits per heavy atom. The van der Waals surface area contributed by atoms with E-state index in [2.05, 4.69) is 16.3 Å².